The van der Waals surface area contributed by atoms with Gasteiger partial charge in [0.05, 0.1) is 17.4 Å². The highest BCUT2D eigenvalue weighted by Crippen LogP contribution is 2.24. The molecule has 0 amide bonds. The summed E-state index contributed by atoms with van der Waals surface area (Å²) in [5, 5.41) is 0. The van der Waals surface area contributed by atoms with Crippen molar-refractivity contribution in [2.24, 2.45) is 7.05 Å². The molecule has 0 unspecified atom stereocenters. The van der Waals surface area contributed by atoms with Crippen LogP contribution in [0.2, 0.25) is 0 Å². The van der Waals surface area contributed by atoms with Gasteiger partial charge in [-0.25, -0.2) is 4.98 Å². The summed E-state index contributed by atoms with van der Waals surface area (Å²) in [5.74, 6) is 0. The fourth-order valence-electron chi connectivity index (χ4n) is 2.10. The van der Waals surface area contributed by atoms with E-state index in [1.807, 2.05) is 41.9 Å². The summed E-state index contributed by atoms with van der Waals surface area (Å²) in [7, 11) is 1.97. The van der Waals surface area contributed by atoms with Crippen molar-refractivity contribution in [1.29, 1.82) is 0 Å². The summed E-state index contributed by atoms with van der Waals surface area (Å²) < 4.78 is 1.99. The van der Waals surface area contributed by atoms with E-state index in [0.29, 0.717) is 5.56 Å². The molecule has 0 atom stereocenters. The van der Waals surface area contributed by atoms with Gasteiger partial charge in [-0.2, -0.15) is 0 Å². The topological polar surface area (TPSA) is 34.9 Å². The van der Waals surface area contributed by atoms with Gasteiger partial charge >= 0.3 is 0 Å². The van der Waals surface area contributed by atoms with Crippen molar-refractivity contribution in [3.05, 3.63) is 54.4 Å². The van der Waals surface area contributed by atoms with Crippen molar-refractivity contribution in [3.63, 3.8) is 0 Å². The summed E-state index contributed by atoms with van der Waals surface area (Å²) in [6, 6.07) is 13.7. The predicted molar refractivity (Wildman–Crippen MR) is 71.5 cm³/mol. The van der Waals surface area contributed by atoms with Crippen LogP contribution in [0.15, 0.2) is 48.8 Å². The van der Waals surface area contributed by atoms with Crippen molar-refractivity contribution in [1.82, 2.24) is 9.55 Å². The van der Waals surface area contributed by atoms with E-state index in [1.165, 1.54) is 0 Å². The molecule has 3 nitrogen and oxygen atoms in total. The zero-order valence-corrected chi connectivity index (χ0v) is 10.00. The second kappa shape index (κ2) is 4.11. The van der Waals surface area contributed by atoms with Crippen LogP contribution in [-0.2, 0) is 7.05 Å². The second-order valence-corrected chi connectivity index (χ2v) is 4.30. The minimum Gasteiger partial charge on any atom is -0.334 e. The van der Waals surface area contributed by atoms with Crippen molar-refractivity contribution in [2.75, 3.05) is 0 Å². The molecule has 0 spiro atoms. The van der Waals surface area contributed by atoms with Crippen molar-refractivity contribution in [3.8, 4) is 11.1 Å². The Kier molecular flexibility index (Phi) is 2.45. The summed E-state index contributed by atoms with van der Waals surface area (Å²) in [5.41, 5.74) is 4.90. The van der Waals surface area contributed by atoms with Crippen molar-refractivity contribution in [2.45, 2.75) is 0 Å². The molecular weight excluding hydrogens is 224 g/mol. The Labute approximate surface area is 105 Å². The minimum absolute atomic E-state index is 0.692. The molecule has 3 rings (SSSR count). The van der Waals surface area contributed by atoms with Gasteiger partial charge in [-0.15, -0.1) is 0 Å². The average Bonchev–Trinajstić information content (AvgIpc) is 2.80. The van der Waals surface area contributed by atoms with Crippen LogP contribution in [0.5, 0.6) is 0 Å². The third kappa shape index (κ3) is 1.70. The third-order valence-corrected chi connectivity index (χ3v) is 3.08. The standard InChI is InChI=1S/C15H12N2O/c1-17-10-16-14-6-5-13(8-15(14)17)12-4-2-3-11(7-12)9-18/h2-10H,1H3. The van der Waals surface area contributed by atoms with Crippen LogP contribution >= 0.6 is 0 Å². The van der Waals surface area contributed by atoms with E-state index in [2.05, 4.69) is 11.1 Å². The first kappa shape index (κ1) is 10.7. The number of hydrogen-bond donors (Lipinski definition) is 0. The lowest BCUT2D eigenvalue weighted by molar-refractivity contribution is 0.112. The molecule has 3 heteroatoms. The Morgan fingerprint density at radius 3 is 2.78 bits per heavy atom. The van der Waals surface area contributed by atoms with Crippen LogP contribution in [0, 0.1) is 0 Å². The van der Waals surface area contributed by atoms with E-state index in [1.54, 1.807) is 12.4 Å². The molecule has 2 aromatic carbocycles. The fourth-order valence-corrected chi connectivity index (χ4v) is 2.10. The molecule has 0 aliphatic rings. The van der Waals surface area contributed by atoms with Crippen molar-refractivity contribution >= 4 is 17.3 Å². The fraction of sp³-hybridized carbons (Fsp3) is 0.0667. The van der Waals surface area contributed by atoms with E-state index in [-0.39, 0.29) is 0 Å². The number of nitrogens with zero attached hydrogens (tertiary/aromatic N) is 2. The molecule has 1 heterocycles. The third-order valence-electron chi connectivity index (χ3n) is 3.08. The van der Waals surface area contributed by atoms with Crippen LogP contribution in [0.1, 0.15) is 10.4 Å². The van der Waals surface area contributed by atoms with Crippen molar-refractivity contribution < 1.29 is 4.79 Å². The van der Waals surface area contributed by atoms with Crippen LogP contribution in [-0.4, -0.2) is 15.8 Å². The number of aromatic nitrogens is 2. The van der Waals surface area contributed by atoms with Gasteiger partial charge in [0, 0.05) is 12.6 Å². The molecule has 0 bridgehead atoms. The molecule has 0 aliphatic carbocycles. The highest BCUT2D eigenvalue weighted by molar-refractivity contribution is 5.84. The van der Waals surface area contributed by atoms with E-state index >= 15 is 0 Å². The lowest BCUT2D eigenvalue weighted by atomic mass is 10.0. The summed E-state index contributed by atoms with van der Waals surface area (Å²) in [6.45, 7) is 0. The van der Waals surface area contributed by atoms with E-state index in [9.17, 15) is 4.79 Å². The Bertz CT molecular complexity index is 728. The highest BCUT2D eigenvalue weighted by Gasteiger charge is 2.03. The van der Waals surface area contributed by atoms with Gasteiger partial charge in [0.25, 0.3) is 0 Å². The SMILES string of the molecule is Cn1cnc2ccc(-c3cccc(C=O)c3)cc21. The zero-order valence-electron chi connectivity index (χ0n) is 10.00. The van der Waals surface area contributed by atoms with Gasteiger partial charge in [-0.05, 0) is 29.3 Å². The largest absolute Gasteiger partial charge is 0.334 e. The van der Waals surface area contributed by atoms with Crippen LogP contribution < -0.4 is 0 Å². The average molecular weight is 236 g/mol. The number of carbonyl (C=O) groups excluding carboxylic acids is 1. The predicted octanol–water partition coefficient (Wildman–Crippen LogP) is 3.05. The zero-order chi connectivity index (χ0) is 12.5. The Hall–Kier alpha value is -2.42. The van der Waals surface area contributed by atoms with Gasteiger partial charge in [-0.1, -0.05) is 24.3 Å². The van der Waals surface area contributed by atoms with E-state index < -0.39 is 0 Å². The molecule has 0 radical (unpaired) electrons. The molecular formula is C15H12N2O. The summed E-state index contributed by atoms with van der Waals surface area (Å²) >= 11 is 0. The highest BCUT2D eigenvalue weighted by atomic mass is 16.1. The number of aldehydes is 1. The maximum absolute atomic E-state index is 10.8. The molecule has 0 aliphatic heterocycles. The van der Waals surface area contributed by atoms with Gasteiger partial charge < -0.3 is 4.57 Å². The van der Waals surface area contributed by atoms with E-state index in [4.69, 9.17) is 0 Å². The summed E-state index contributed by atoms with van der Waals surface area (Å²) in [4.78, 5) is 15.1. The Balaban J connectivity index is 2.18. The lowest BCUT2D eigenvalue weighted by Crippen LogP contribution is -1.86. The maximum Gasteiger partial charge on any atom is 0.150 e. The molecule has 0 saturated heterocycles. The minimum atomic E-state index is 0.692. The van der Waals surface area contributed by atoms with Gasteiger partial charge in [0.15, 0.2) is 0 Å². The number of hydrogen-bond acceptors (Lipinski definition) is 2. The van der Waals surface area contributed by atoms with E-state index in [0.717, 1.165) is 28.4 Å². The number of benzene rings is 2. The number of aryl methyl sites for hydroxylation is 1. The van der Waals surface area contributed by atoms with Crippen LogP contribution in [0.4, 0.5) is 0 Å². The maximum atomic E-state index is 10.8. The molecule has 88 valence electrons. The molecule has 3 aromatic rings. The van der Waals surface area contributed by atoms with Gasteiger partial charge in [-0.3, -0.25) is 4.79 Å². The number of imidazole rings is 1. The Morgan fingerprint density at radius 2 is 1.94 bits per heavy atom. The van der Waals surface area contributed by atoms with Crippen LogP contribution in [0.25, 0.3) is 22.2 Å². The van der Waals surface area contributed by atoms with Crippen LogP contribution in [0.3, 0.4) is 0 Å². The lowest BCUT2D eigenvalue weighted by Gasteiger charge is -2.03. The molecule has 0 N–H and O–H groups in total. The van der Waals surface area contributed by atoms with Gasteiger partial charge in [0.1, 0.15) is 6.29 Å². The molecule has 1 aromatic heterocycles. The molecule has 0 fully saturated rings. The first-order valence-electron chi connectivity index (χ1n) is 5.74. The van der Waals surface area contributed by atoms with Gasteiger partial charge in [0.2, 0.25) is 0 Å². The number of rotatable bonds is 2. The number of fused-ring (bicyclic) bond motifs is 1. The first-order chi connectivity index (χ1) is 8.78. The Morgan fingerprint density at radius 1 is 1.11 bits per heavy atom. The quantitative estimate of drug-likeness (QED) is 0.641. The molecule has 0 saturated carbocycles. The second-order valence-electron chi connectivity index (χ2n) is 4.30. The smallest absolute Gasteiger partial charge is 0.150 e. The monoisotopic (exact) mass is 236 g/mol. The summed E-state index contributed by atoms with van der Waals surface area (Å²) in [6.07, 6.45) is 2.67. The first-order valence-corrected chi connectivity index (χ1v) is 5.74. The number of carbonyl (C=O) groups is 1. The normalized spacial score (nSPS) is 10.7. The molecule has 18 heavy (non-hydrogen) atoms.